The van der Waals surface area contributed by atoms with E-state index in [0.717, 1.165) is 24.7 Å². The van der Waals surface area contributed by atoms with Crippen molar-refractivity contribution in [1.82, 2.24) is 0 Å². The van der Waals surface area contributed by atoms with Crippen LogP contribution >= 0.6 is 0 Å². The monoisotopic (exact) mass is 296 g/mol. The molecule has 0 bridgehead atoms. The van der Waals surface area contributed by atoms with E-state index < -0.39 is 10.1 Å². The zero-order chi connectivity index (χ0) is 15.2. The number of hydrogen-bond acceptors (Lipinski definition) is 2. The molecule has 0 aliphatic heterocycles. The molecule has 0 saturated carbocycles. The van der Waals surface area contributed by atoms with Crippen LogP contribution in [0, 0.1) is 0 Å². The second kappa shape index (κ2) is 7.04. The fourth-order valence-electron chi connectivity index (χ4n) is 1.97. The predicted molar refractivity (Wildman–Crippen MR) is 83.4 cm³/mol. The van der Waals surface area contributed by atoms with Gasteiger partial charge < -0.3 is 0 Å². The van der Waals surface area contributed by atoms with Gasteiger partial charge in [-0.15, -0.1) is 0 Å². The Balaban J connectivity index is 2.58. The van der Waals surface area contributed by atoms with Gasteiger partial charge in [0.05, 0.1) is 5.41 Å². The quantitative estimate of drug-likeness (QED) is 0.609. The number of rotatable bonds is 7. The van der Waals surface area contributed by atoms with Gasteiger partial charge in [-0.25, -0.2) is 0 Å². The molecule has 0 atom stereocenters. The maximum Gasteiger partial charge on any atom is 0.287 e. The normalized spacial score (nSPS) is 13.0. The van der Waals surface area contributed by atoms with Gasteiger partial charge in [0.1, 0.15) is 0 Å². The molecule has 0 spiro atoms. The predicted octanol–water partition coefficient (Wildman–Crippen LogP) is 4.10. The molecule has 4 heteroatoms. The number of unbranched alkanes of at least 4 members (excludes halogenated alkanes) is 1. The Kier molecular flexibility index (Phi) is 5.96. The van der Waals surface area contributed by atoms with E-state index in [-0.39, 0.29) is 5.41 Å². The average molecular weight is 296 g/mol. The molecular formula is C16H24O3S. The first-order chi connectivity index (χ1) is 9.24. The molecule has 1 rings (SSSR count). The lowest BCUT2D eigenvalue weighted by Gasteiger charge is -2.23. The summed E-state index contributed by atoms with van der Waals surface area (Å²) < 4.78 is 29.6. The molecule has 1 aromatic carbocycles. The zero-order valence-corrected chi connectivity index (χ0v) is 13.3. The van der Waals surface area contributed by atoms with Crippen LogP contribution in [0.3, 0.4) is 0 Å². The third kappa shape index (κ3) is 5.88. The van der Waals surface area contributed by atoms with E-state index in [1.807, 2.05) is 0 Å². The lowest BCUT2D eigenvalue weighted by atomic mass is 9.81. The fourth-order valence-corrected chi connectivity index (χ4v) is 2.34. The van der Waals surface area contributed by atoms with E-state index in [0.29, 0.717) is 6.42 Å². The summed E-state index contributed by atoms with van der Waals surface area (Å²) in [7, 11) is -3.98. The van der Waals surface area contributed by atoms with E-state index in [1.54, 1.807) is 0 Å². The van der Waals surface area contributed by atoms with Crippen molar-refractivity contribution in [2.24, 2.45) is 0 Å². The zero-order valence-electron chi connectivity index (χ0n) is 12.5. The van der Waals surface area contributed by atoms with Crippen molar-refractivity contribution in [3.05, 3.63) is 46.9 Å². The maximum atomic E-state index is 10.5. The lowest BCUT2D eigenvalue weighted by Crippen LogP contribution is -2.15. The first-order valence-electron chi connectivity index (χ1n) is 6.98. The molecule has 1 N–H and O–H groups in total. The molecule has 0 aliphatic carbocycles. The summed E-state index contributed by atoms with van der Waals surface area (Å²) in [6.07, 6.45) is 5.00. The van der Waals surface area contributed by atoms with Gasteiger partial charge in [-0.3, -0.25) is 4.55 Å². The first-order valence-corrected chi connectivity index (χ1v) is 8.48. The minimum atomic E-state index is -3.98. The van der Waals surface area contributed by atoms with Crippen molar-refractivity contribution in [1.29, 1.82) is 0 Å². The molecule has 0 saturated heterocycles. The van der Waals surface area contributed by atoms with Gasteiger partial charge in [-0.2, -0.15) is 8.42 Å². The van der Waals surface area contributed by atoms with E-state index >= 15 is 0 Å². The molecule has 0 aromatic heterocycles. The highest BCUT2D eigenvalue weighted by Crippen LogP contribution is 2.27. The molecule has 112 valence electrons. The summed E-state index contributed by atoms with van der Waals surface area (Å²) in [4.78, 5) is 0. The van der Waals surface area contributed by atoms with Crippen molar-refractivity contribution in [3.63, 3.8) is 0 Å². The maximum absolute atomic E-state index is 10.5. The largest absolute Gasteiger partial charge is 0.287 e. The van der Waals surface area contributed by atoms with Crippen LogP contribution in [0.4, 0.5) is 0 Å². The van der Waals surface area contributed by atoms with Crippen LogP contribution in [-0.4, -0.2) is 13.0 Å². The highest BCUT2D eigenvalue weighted by molar-refractivity contribution is 7.88. The van der Waals surface area contributed by atoms with Crippen LogP contribution < -0.4 is 0 Å². The Morgan fingerprint density at radius 3 is 2.60 bits per heavy atom. The van der Waals surface area contributed by atoms with Crippen molar-refractivity contribution in [2.75, 3.05) is 0 Å². The van der Waals surface area contributed by atoms with Gasteiger partial charge in [0, 0.05) is 0 Å². The minimum Gasteiger partial charge on any atom is -0.282 e. The van der Waals surface area contributed by atoms with E-state index in [1.165, 1.54) is 17.2 Å². The van der Waals surface area contributed by atoms with Crippen LogP contribution in [-0.2, 0) is 22.0 Å². The number of allylic oxidation sites excluding steroid dienone is 1. The molecule has 0 fully saturated rings. The molecule has 0 heterocycles. The van der Waals surface area contributed by atoms with E-state index in [4.69, 9.17) is 4.55 Å². The van der Waals surface area contributed by atoms with Crippen LogP contribution in [0.25, 0.3) is 0 Å². The van der Waals surface area contributed by atoms with Gasteiger partial charge in [-0.05, 0) is 42.2 Å². The summed E-state index contributed by atoms with van der Waals surface area (Å²) in [5.41, 5.74) is 2.79. The lowest BCUT2D eigenvalue weighted by molar-refractivity contribution is 0.494. The molecule has 0 radical (unpaired) electrons. The second-order valence-corrected chi connectivity index (χ2v) is 7.02. The molecule has 0 aliphatic rings. The standard InChI is InChI=1S/C16H24O3S/c1-4-16(2,3)15-11-8-10-14(13-15)9-6-5-7-12-20(17,18)19/h7-8,10-13H,4-6,9H2,1-3H3,(H,17,18,19). The summed E-state index contributed by atoms with van der Waals surface area (Å²) in [5.74, 6) is 0. The van der Waals surface area contributed by atoms with Gasteiger partial charge in [0.2, 0.25) is 0 Å². The van der Waals surface area contributed by atoms with Crippen molar-refractivity contribution >= 4 is 10.1 Å². The van der Waals surface area contributed by atoms with Gasteiger partial charge >= 0.3 is 0 Å². The minimum absolute atomic E-state index is 0.181. The summed E-state index contributed by atoms with van der Waals surface area (Å²) in [6, 6.07) is 8.57. The summed E-state index contributed by atoms with van der Waals surface area (Å²) >= 11 is 0. The van der Waals surface area contributed by atoms with E-state index in [9.17, 15) is 8.42 Å². The van der Waals surface area contributed by atoms with Crippen molar-refractivity contribution in [3.8, 4) is 0 Å². The smallest absolute Gasteiger partial charge is 0.282 e. The fraction of sp³-hybridized carbons (Fsp3) is 0.500. The van der Waals surface area contributed by atoms with Gasteiger partial charge in [-0.1, -0.05) is 51.1 Å². The number of aryl methyl sites for hydroxylation is 1. The van der Waals surface area contributed by atoms with E-state index in [2.05, 4.69) is 45.0 Å². The Labute approximate surface area is 122 Å². The molecule has 0 amide bonds. The summed E-state index contributed by atoms with van der Waals surface area (Å²) in [5, 5.41) is 0.851. The summed E-state index contributed by atoms with van der Waals surface area (Å²) in [6.45, 7) is 6.66. The first kappa shape index (κ1) is 16.9. The number of hydrogen-bond donors (Lipinski definition) is 1. The molecular weight excluding hydrogens is 272 g/mol. The van der Waals surface area contributed by atoms with Crippen LogP contribution in [0.2, 0.25) is 0 Å². The SMILES string of the molecule is CCC(C)(C)c1cccc(CCCC=CS(=O)(=O)O)c1. The Hall–Kier alpha value is -1.13. The average Bonchev–Trinajstić information content (AvgIpc) is 2.37. The third-order valence-corrected chi connectivity index (χ3v) is 4.23. The molecule has 0 unspecified atom stereocenters. The number of benzene rings is 1. The Morgan fingerprint density at radius 1 is 1.30 bits per heavy atom. The van der Waals surface area contributed by atoms with Gasteiger partial charge in [0.15, 0.2) is 0 Å². The molecule has 3 nitrogen and oxygen atoms in total. The van der Waals surface area contributed by atoms with Crippen LogP contribution in [0.5, 0.6) is 0 Å². The molecule has 20 heavy (non-hydrogen) atoms. The Morgan fingerprint density at radius 2 is 2.00 bits per heavy atom. The highest BCUT2D eigenvalue weighted by Gasteiger charge is 2.17. The van der Waals surface area contributed by atoms with Crippen LogP contribution in [0.15, 0.2) is 35.7 Å². The van der Waals surface area contributed by atoms with Crippen molar-refractivity contribution < 1.29 is 13.0 Å². The highest BCUT2D eigenvalue weighted by atomic mass is 32.2. The van der Waals surface area contributed by atoms with Gasteiger partial charge in [0.25, 0.3) is 10.1 Å². The van der Waals surface area contributed by atoms with Crippen molar-refractivity contribution in [2.45, 2.75) is 51.9 Å². The topological polar surface area (TPSA) is 54.4 Å². The van der Waals surface area contributed by atoms with Crippen LogP contribution in [0.1, 0.15) is 51.2 Å². The Bertz CT molecular complexity index is 557. The second-order valence-electron chi connectivity index (χ2n) is 5.72. The molecule has 1 aromatic rings. The third-order valence-electron chi connectivity index (χ3n) is 3.70.